The minimum absolute atomic E-state index is 0.0382. The second-order valence-corrected chi connectivity index (χ2v) is 3.40. The Morgan fingerprint density at radius 3 is 2.81 bits per heavy atom. The lowest BCUT2D eigenvalue weighted by molar-refractivity contribution is 0.0691. The molecule has 82 valence electrons. The largest absolute Gasteiger partial charge is 0.476 e. The normalized spacial score (nSPS) is 10.4. The van der Waals surface area contributed by atoms with Crippen molar-refractivity contribution in [2.24, 2.45) is 0 Å². The number of carbonyl (C=O) groups is 1. The van der Waals surface area contributed by atoms with Crippen LogP contribution in [0.5, 0.6) is 0 Å². The molecule has 16 heavy (non-hydrogen) atoms. The molecule has 1 heterocycles. The van der Waals surface area contributed by atoms with Crippen LogP contribution in [-0.2, 0) is 0 Å². The van der Waals surface area contributed by atoms with Crippen molar-refractivity contribution < 1.29 is 14.3 Å². The predicted molar refractivity (Wildman–Crippen MR) is 55.2 cm³/mol. The van der Waals surface area contributed by atoms with Gasteiger partial charge in [-0.15, -0.1) is 0 Å². The Labute approximate surface area is 91.0 Å². The highest BCUT2D eigenvalue weighted by Crippen LogP contribution is 2.15. The van der Waals surface area contributed by atoms with Gasteiger partial charge >= 0.3 is 5.97 Å². The molecule has 0 fully saturated rings. The van der Waals surface area contributed by atoms with Crippen LogP contribution in [-0.4, -0.2) is 20.6 Å². The van der Waals surface area contributed by atoms with Gasteiger partial charge in [-0.25, -0.2) is 14.2 Å². The highest BCUT2D eigenvalue weighted by molar-refractivity contribution is 5.85. The van der Waals surface area contributed by atoms with Crippen LogP contribution in [0.2, 0.25) is 0 Å². The van der Waals surface area contributed by atoms with Crippen molar-refractivity contribution in [3.05, 3.63) is 47.8 Å². The first-order valence-corrected chi connectivity index (χ1v) is 4.62. The average Bonchev–Trinajstić information content (AvgIpc) is 2.66. The number of hydrogen-bond acceptors (Lipinski definition) is 2. The van der Waals surface area contributed by atoms with Crippen molar-refractivity contribution in [2.45, 2.75) is 6.92 Å². The first-order chi connectivity index (χ1) is 7.58. The fraction of sp³-hybridized carbons (Fsp3) is 0.0909. The van der Waals surface area contributed by atoms with E-state index in [1.165, 1.54) is 24.7 Å². The molecule has 5 heteroatoms. The summed E-state index contributed by atoms with van der Waals surface area (Å²) < 4.78 is 14.4. The standard InChI is InChI=1S/C11H9FN2O2/c1-7-4-8(12)2-3-10(7)14-5-9(11(15)16)13-6-14/h2-6H,1H3,(H,15,16). The molecule has 1 aromatic heterocycles. The van der Waals surface area contributed by atoms with Gasteiger partial charge in [-0.3, -0.25) is 0 Å². The third-order valence-corrected chi connectivity index (χ3v) is 2.24. The third-order valence-electron chi connectivity index (χ3n) is 2.24. The van der Waals surface area contributed by atoms with Crippen molar-refractivity contribution in [2.75, 3.05) is 0 Å². The SMILES string of the molecule is Cc1cc(F)ccc1-n1cnc(C(=O)O)c1. The molecular formula is C11H9FN2O2. The predicted octanol–water partition coefficient (Wildman–Crippen LogP) is 2.02. The summed E-state index contributed by atoms with van der Waals surface area (Å²) in [5, 5.41) is 8.72. The van der Waals surface area contributed by atoms with Crippen molar-refractivity contribution in [3.8, 4) is 5.69 Å². The van der Waals surface area contributed by atoms with E-state index in [0.717, 1.165) is 0 Å². The Bertz CT molecular complexity index is 549. The molecule has 0 aliphatic heterocycles. The van der Waals surface area contributed by atoms with E-state index in [1.54, 1.807) is 17.6 Å². The van der Waals surface area contributed by atoms with Crippen LogP contribution in [0.15, 0.2) is 30.7 Å². The van der Waals surface area contributed by atoms with Gasteiger partial charge in [0, 0.05) is 11.9 Å². The number of aromatic carboxylic acids is 1. The Balaban J connectivity index is 2.46. The lowest BCUT2D eigenvalue weighted by Crippen LogP contribution is -1.97. The summed E-state index contributed by atoms with van der Waals surface area (Å²) in [6.45, 7) is 1.75. The minimum Gasteiger partial charge on any atom is -0.476 e. The molecule has 1 N–H and O–H groups in total. The van der Waals surface area contributed by atoms with Gasteiger partial charge in [0.25, 0.3) is 0 Å². The van der Waals surface area contributed by atoms with Gasteiger partial charge in [0.1, 0.15) is 12.1 Å². The second kappa shape index (κ2) is 3.77. The molecule has 1 aromatic carbocycles. The molecule has 0 aliphatic rings. The molecule has 2 aromatic rings. The van der Waals surface area contributed by atoms with Gasteiger partial charge < -0.3 is 9.67 Å². The van der Waals surface area contributed by atoms with Gasteiger partial charge in [-0.2, -0.15) is 0 Å². The molecule has 0 bridgehead atoms. The van der Waals surface area contributed by atoms with E-state index in [1.807, 2.05) is 0 Å². The van der Waals surface area contributed by atoms with E-state index in [-0.39, 0.29) is 11.5 Å². The molecular weight excluding hydrogens is 211 g/mol. The number of carboxylic acid groups (broad SMARTS) is 1. The number of hydrogen-bond donors (Lipinski definition) is 1. The van der Waals surface area contributed by atoms with E-state index in [4.69, 9.17) is 5.11 Å². The highest BCUT2D eigenvalue weighted by Gasteiger charge is 2.08. The maximum Gasteiger partial charge on any atom is 0.356 e. The van der Waals surface area contributed by atoms with Crippen LogP contribution < -0.4 is 0 Å². The Kier molecular flexibility index (Phi) is 2.44. The van der Waals surface area contributed by atoms with Crippen LogP contribution in [0.3, 0.4) is 0 Å². The van der Waals surface area contributed by atoms with Crippen LogP contribution >= 0.6 is 0 Å². The van der Waals surface area contributed by atoms with E-state index in [0.29, 0.717) is 11.3 Å². The molecule has 0 saturated carbocycles. The fourth-order valence-corrected chi connectivity index (χ4v) is 1.47. The number of nitrogens with zero attached hydrogens (tertiary/aromatic N) is 2. The summed E-state index contributed by atoms with van der Waals surface area (Å²) in [6, 6.07) is 4.29. The van der Waals surface area contributed by atoms with E-state index in [2.05, 4.69) is 4.98 Å². The summed E-state index contributed by atoms with van der Waals surface area (Å²) >= 11 is 0. The van der Waals surface area contributed by atoms with E-state index in [9.17, 15) is 9.18 Å². The Morgan fingerprint density at radius 2 is 2.25 bits per heavy atom. The minimum atomic E-state index is -1.08. The van der Waals surface area contributed by atoms with Crippen molar-refractivity contribution in [1.82, 2.24) is 9.55 Å². The number of rotatable bonds is 2. The van der Waals surface area contributed by atoms with Crippen molar-refractivity contribution in [1.29, 1.82) is 0 Å². The molecule has 0 spiro atoms. The summed E-state index contributed by atoms with van der Waals surface area (Å²) in [5.41, 5.74) is 1.39. The first-order valence-electron chi connectivity index (χ1n) is 4.62. The number of carboxylic acids is 1. The van der Waals surface area contributed by atoms with Crippen molar-refractivity contribution in [3.63, 3.8) is 0 Å². The molecule has 0 saturated heterocycles. The van der Waals surface area contributed by atoms with Crippen LogP contribution in [0.4, 0.5) is 4.39 Å². The summed E-state index contributed by atoms with van der Waals surface area (Å²) in [5.74, 6) is -1.40. The zero-order valence-corrected chi connectivity index (χ0v) is 8.51. The van der Waals surface area contributed by atoms with E-state index >= 15 is 0 Å². The monoisotopic (exact) mass is 220 g/mol. The Hall–Kier alpha value is -2.17. The highest BCUT2D eigenvalue weighted by atomic mass is 19.1. The number of halogens is 1. The van der Waals surface area contributed by atoms with Gasteiger partial charge in [0.05, 0.1) is 0 Å². The first kappa shape index (κ1) is 10.4. The van der Waals surface area contributed by atoms with Gasteiger partial charge in [0.15, 0.2) is 5.69 Å². The quantitative estimate of drug-likeness (QED) is 0.842. The van der Waals surface area contributed by atoms with Crippen LogP contribution in [0.25, 0.3) is 5.69 Å². The maximum absolute atomic E-state index is 12.9. The zero-order chi connectivity index (χ0) is 11.7. The summed E-state index contributed by atoms with van der Waals surface area (Å²) in [4.78, 5) is 14.4. The van der Waals surface area contributed by atoms with E-state index < -0.39 is 5.97 Å². The Morgan fingerprint density at radius 1 is 1.50 bits per heavy atom. The topological polar surface area (TPSA) is 55.1 Å². The smallest absolute Gasteiger partial charge is 0.356 e. The van der Waals surface area contributed by atoms with Gasteiger partial charge in [0.2, 0.25) is 0 Å². The second-order valence-electron chi connectivity index (χ2n) is 3.40. The molecule has 0 radical (unpaired) electrons. The molecule has 4 nitrogen and oxygen atoms in total. The molecule has 0 amide bonds. The number of aryl methyl sites for hydroxylation is 1. The summed E-state index contributed by atoms with van der Waals surface area (Å²) in [6.07, 6.45) is 2.78. The number of benzene rings is 1. The third kappa shape index (κ3) is 1.79. The molecule has 0 aliphatic carbocycles. The molecule has 0 unspecified atom stereocenters. The molecule has 2 rings (SSSR count). The lowest BCUT2D eigenvalue weighted by Gasteiger charge is -2.05. The number of aromatic nitrogens is 2. The van der Waals surface area contributed by atoms with Crippen LogP contribution in [0.1, 0.15) is 16.1 Å². The van der Waals surface area contributed by atoms with Gasteiger partial charge in [-0.05, 0) is 30.7 Å². The summed E-state index contributed by atoms with van der Waals surface area (Å²) in [7, 11) is 0. The van der Waals surface area contributed by atoms with Crippen molar-refractivity contribution >= 4 is 5.97 Å². The number of imidazole rings is 1. The molecule has 0 atom stereocenters. The average molecular weight is 220 g/mol. The fourth-order valence-electron chi connectivity index (χ4n) is 1.47. The maximum atomic E-state index is 12.9. The van der Waals surface area contributed by atoms with Crippen LogP contribution in [0, 0.1) is 12.7 Å². The zero-order valence-electron chi connectivity index (χ0n) is 8.51. The van der Waals surface area contributed by atoms with Gasteiger partial charge in [-0.1, -0.05) is 0 Å². The lowest BCUT2D eigenvalue weighted by atomic mass is 10.2.